The molecule has 0 spiro atoms. The average molecular weight is 316 g/mol. The van der Waals surface area contributed by atoms with Crippen LogP contribution in [0.2, 0.25) is 0 Å². The van der Waals surface area contributed by atoms with Crippen molar-refractivity contribution in [2.75, 3.05) is 19.6 Å². The Bertz CT molecular complexity index is 648. The predicted molar refractivity (Wildman–Crippen MR) is 83.3 cm³/mol. The molecule has 1 aromatic rings. The Labute approximate surface area is 135 Å². The number of carbonyl (C=O) groups is 2. The molecule has 5 heteroatoms. The highest BCUT2D eigenvalue weighted by molar-refractivity contribution is 5.94. The van der Waals surface area contributed by atoms with Crippen molar-refractivity contribution < 1.29 is 14.0 Å². The van der Waals surface area contributed by atoms with Gasteiger partial charge in [0.05, 0.1) is 5.56 Å². The maximum Gasteiger partial charge on any atom is 0.256 e. The highest BCUT2D eigenvalue weighted by atomic mass is 19.1. The molecule has 2 amide bonds. The zero-order chi connectivity index (χ0) is 16.0. The molecule has 0 aromatic heterocycles. The molecule has 3 heterocycles. The Hall–Kier alpha value is -1.91. The summed E-state index contributed by atoms with van der Waals surface area (Å²) in [6.07, 6.45) is 3.72. The van der Waals surface area contributed by atoms with Crippen molar-refractivity contribution in [3.63, 3.8) is 0 Å². The van der Waals surface area contributed by atoms with E-state index in [4.69, 9.17) is 0 Å². The first kappa shape index (κ1) is 14.7. The Kier molecular flexibility index (Phi) is 3.58. The van der Waals surface area contributed by atoms with E-state index in [1.807, 2.05) is 4.90 Å². The minimum atomic E-state index is -0.456. The van der Waals surface area contributed by atoms with Crippen LogP contribution in [-0.2, 0) is 4.79 Å². The number of nitrogens with zero attached hydrogens (tertiary/aromatic N) is 2. The Balaban J connectivity index is 1.55. The van der Waals surface area contributed by atoms with Gasteiger partial charge in [-0.15, -0.1) is 0 Å². The van der Waals surface area contributed by atoms with Gasteiger partial charge in [-0.1, -0.05) is 12.1 Å². The van der Waals surface area contributed by atoms with E-state index in [1.165, 1.54) is 6.07 Å². The number of rotatable bonds is 1. The van der Waals surface area contributed by atoms with Crippen LogP contribution in [-0.4, -0.2) is 47.3 Å². The van der Waals surface area contributed by atoms with E-state index in [0.29, 0.717) is 31.3 Å². The summed E-state index contributed by atoms with van der Waals surface area (Å²) >= 11 is 0. The van der Waals surface area contributed by atoms with Crippen molar-refractivity contribution >= 4 is 11.8 Å². The molecule has 3 aliphatic rings. The number of fused-ring (bicyclic) bond motifs is 4. The van der Waals surface area contributed by atoms with Crippen molar-refractivity contribution in [3.8, 4) is 0 Å². The standard InChI is InChI=1S/C18H21FN2O2/c19-15-5-2-1-4-14(15)18(23)20-9-12-8-13(11-20)16-6-3-7-17(22)21(16)10-12/h1-2,4-5,12-13,16H,3,6-11H2/t12?,13?,16-/m1/s1. The average Bonchev–Trinajstić information content (AvgIpc) is 2.55. The quantitative estimate of drug-likeness (QED) is 0.798. The van der Waals surface area contributed by atoms with E-state index in [-0.39, 0.29) is 23.4 Å². The Morgan fingerprint density at radius 2 is 2.00 bits per heavy atom. The summed E-state index contributed by atoms with van der Waals surface area (Å²) in [6.45, 7) is 2.01. The third kappa shape index (κ3) is 2.52. The number of halogens is 1. The second-order valence-electron chi connectivity index (χ2n) is 7.06. The van der Waals surface area contributed by atoms with Gasteiger partial charge in [-0.3, -0.25) is 9.59 Å². The number of hydrogen-bond acceptors (Lipinski definition) is 2. The number of hydrogen-bond donors (Lipinski definition) is 0. The lowest BCUT2D eigenvalue weighted by Gasteiger charge is -2.52. The third-order valence-corrected chi connectivity index (χ3v) is 5.57. The molecule has 3 aliphatic heterocycles. The molecule has 4 rings (SSSR count). The van der Waals surface area contributed by atoms with Gasteiger partial charge < -0.3 is 9.80 Å². The molecule has 1 aromatic carbocycles. The van der Waals surface area contributed by atoms with E-state index >= 15 is 0 Å². The van der Waals surface area contributed by atoms with Crippen LogP contribution in [0.4, 0.5) is 4.39 Å². The van der Waals surface area contributed by atoms with E-state index in [9.17, 15) is 14.0 Å². The van der Waals surface area contributed by atoms with Crippen molar-refractivity contribution in [1.29, 1.82) is 0 Å². The van der Waals surface area contributed by atoms with Gasteiger partial charge in [-0.2, -0.15) is 0 Å². The van der Waals surface area contributed by atoms with Crippen LogP contribution in [0.5, 0.6) is 0 Å². The SMILES string of the molecule is O=C(c1ccccc1F)N1CC2CC(C1)[C@H]1CCCC(=O)N1C2. The van der Waals surface area contributed by atoms with Crippen molar-refractivity contribution in [1.82, 2.24) is 9.80 Å². The molecule has 2 unspecified atom stereocenters. The summed E-state index contributed by atoms with van der Waals surface area (Å²) in [5, 5.41) is 0. The summed E-state index contributed by atoms with van der Waals surface area (Å²) < 4.78 is 13.9. The maximum absolute atomic E-state index is 13.9. The summed E-state index contributed by atoms with van der Waals surface area (Å²) in [5.74, 6) is 0.256. The van der Waals surface area contributed by atoms with Gasteiger partial charge in [-0.05, 0) is 43.2 Å². The second-order valence-corrected chi connectivity index (χ2v) is 7.06. The monoisotopic (exact) mass is 316 g/mol. The molecular weight excluding hydrogens is 295 g/mol. The topological polar surface area (TPSA) is 40.6 Å². The largest absolute Gasteiger partial charge is 0.339 e. The number of benzene rings is 1. The van der Waals surface area contributed by atoms with E-state index < -0.39 is 5.82 Å². The van der Waals surface area contributed by atoms with Gasteiger partial charge in [-0.25, -0.2) is 4.39 Å². The molecular formula is C18H21FN2O2. The highest BCUT2D eigenvalue weighted by Crippen LogP contribution is 2.38. The molecule has 0 saturated carbocycles. The molecule has 3 fully saturated rings. The van der Waals surface area contributed by atoms with Gasteiger partial charge in [0.2, 0.25) is 5.91 Å². The first-order valence-corrected chi connectivity index (χ1v) is 8.47. The fourth-order valence-corrected chi connectivity index (χ4v) is 4.58. The van der Waals surface area contributed by atoms with Crippen LogP contribution in [0.25, 0.3) is 0 Å². The van der Waals surface area contributed by atoms with Crippen LogP contribution < -0.4 is 0 Å². The molecule has 4 nitrogen and oxygen atoms in total. The van der Waals surface area contributed by atoms with Crippen molar-refractivity contribution in [2.24, 2.45) is 11.8 Å². The van der Waals surface area contributed by atoms with Gasteiger partial charge in [0.1, 0.15) is 5.82 Å². The predicted octanol–water partition coefficient (Wildman–Crippen LogP) is 2.30. The van der Waals surface area contributed by atoms with Crippen LogP contribution in [0.1, 0.15) is 36.0 Å². The number of amides is 2. The lowest BCUT2D eigenvalue weighted by molar-refractivity contribution is -0.144. The molecule has 122 valence electrons. The summed E-state index contributed by atoms with van der Waals surface area (Å²) in [5.41, 5.74) is 0.157. The lowest BCUT2D eigenvalue weighted by Crippen LogP contribution is -2.61. The smallest absolute Gasteiger partial charge is 0.256 e. The minimum Gasteiger partial charge on any atom is -0.339 e. The zero-order valence-electron chi connectivity index (χ0n) is 13.1. The molecule has 23 heavy (non-hydrogen) atoms. The van der Waals surface area contributed by atoms with Crippen molar-refractivity contribution in [2.45, 2.75) is 31.7 Å². The molecule has 0 aliphatic carbocycles. The van der Waals surface area contributed by atoms with Crippen LogP contribution in [0.3, 0.4) is 0 Å². The van der Waals surface area contributed by atoms with Crippen LogP contribution >= 0.6 is 0 Å². The van der Waals surface area contributed by atoms with Gasteiger partial charge >= 0.3 is 0 Å². The fraction of sp³-hybridized carbons (Fsp3) is 0.556. The number of piperidine rings is 3. The molecule has 3 atom stereocenters. The fourth-order valence-electron chi connectivity index (χ4n) is 4.58. The molecule has 0 radical (unpaired) electrons. The third-order valence-electron chi connectivity index (χ3n) is 5.57. The highest BCUT2D eigenvalue weighted by Gasteiger charge is 2.44. The molecule has 3 saturated heterocycles. The van der Waals surface area contributed by atoms with Crippen LogP contribution in [0.15, 0.2) is 24.3 Å². The van der Waals surface area contributed by atoms with E-state index in [2.05, 4.69) is 0 Å². The number of likely N-dealkylation sites (tertiary alicyclic amines) is 1. The number of carbonyl (C=O) groups excluding carboxylic acids is 2. The minimum absolute atomic E-state index is 0.157. The van der Waals surface area contributed by atoms with Gasteiger partial charge in [0.15, 0.2) is 0 Å². The first-order chi connectivity index (χ1) is 11.1. The normalized spacial score (nSPS) is 30.1. The maximum atomic E-state index is 13.9. The summed E-state index contributed by atoms with van der Waals surface area (Å²) in [6, 6.07) is 6.45. The van der Waals surface area contributed by atoms with Gasteiger partial charge in [0, 0.05) is 32.1 Å². The summed E-state index contributed by atoms with van der Waals surface area (Å²) in [4.78, 5) is 28.7. The van der Waals surface area contributed by atoms with Gasteiger partial charge in [0.25, 0.3) is 5.91 Å². The van der Waals surface area contributed by atoms with E-state index in [1.54, 1.807) is 23.1 Å². The lowest BCUT2D eigenvalue weighted by atomic mass is 9.76. The van der Waals surface area contributed by atoms with Crippen molar-refractivity contribution in [3.05, 3.63) is 35.6 Å². The first-order valence-electron chi connectivity index (χ1n) is 8.47. The molecule has 2 bridgehead atoms. The Morgan fingerprint density at radius 1 is 1.17 bits per heavy atom. The van der Waals surface area contributed by atoms with E-state index in [0.717, 1.165) is 25.8 Å². The Morgan fingerprint density at radius 3 is 2.83 bits per heavy atom. The summed E-state index contributed by atoms with van der Waals surface area (Å²) in [7, 11) is 0. The van der Waals surface area contributed by atoms with Crippen LogP contribution in [0, 0.1) is 17.7 Å². The second kappa shape index (κ2) is 5.62. The molecule has 0 N–H and O–H groups in total. The zero-order valence-corrected chi connectivity index (χ0v) is 13.1.